The number of tetrazole rings is 2. The average Bonchev–Trinajstić information content (AvgIpc) is 3.36. The first kappa shape index (κ1) is 18.5. The van der Waals surface area contributed by atoms with Crippen molar-refractivity contribution in [2.75, 3.05) is 0 Å². The Balaban J connectivity index is 1.58. The van der Waals surface area contributed by atoms with Crippen LogP contribution in [0.25, 0.3) is 11.4 Å². The van der Waals surface area contributed by atoms with E-state index in [2.05, 4.69) is 31.1 Å². The number of para-hydroxylation sites is 1. The standard InChI is InChI=1S/C14H10N8O3S3/c23-28(24,25)12-8-4-7-11(9-12)22-14(16-18-20-22)27-26-13-15-17-19-21(13)10-5-2-1-3-6-10/h1-9H,(H,23,24,25). The van der Waals surface area contributed by atoms with Gasteiger partial charge < -0.3 is 0 Å². The number of rotatable bonds is 6. The van der Waals surface area contributed by atoms with Crippen LogP contribution in [0.15, 0.2) is 69.8 Å². The van der Waals surface area contributed by atoms with Crippen molar-refractivity contribution in [1.82, 2.24) is 40.4 Å². The Hall–Kier alpha value is -2.81. The van der Waals surface area contributed by atoms with Gasteiger partial charge in [0.15, 0.2) is 0 Å². The van der Waals surface area contributed by atoms with E-state index in [1.807, 2.05) is 30.3 Å². The summed E-state index contributed by atoms with van der Waals surface area (Å²) in [6, 6.07) is 15.0. The third kappa shape index (κ3) is 3.89. The maximum atomic E-state index is 11.4. The summed E-state index contributed by atoms with van der Waals surface area (Å²) in [7, 11) is -1.90. The van der Waals surface area contributed by atoms with Gasteiger partial charge >= 0.3 is 0 Å². The highest BCUT2D eigenvalue weighted by Crippen LogP contribution is 2.36. The van der Waals surface area contributed by atoms with Crippen LogP contribution in [0.1, 0.15) is 0 Å². The van der Waals surface area contributed by atoms with E-state index in [-0.39, 0.29) is 4.90 Å². The monoisotopic (exact) mass is 434 g/mol. The minimum absolute atomic E-state index is 0.253. The molecule has 0 radical (unpaired) electrons. The van der Waals surface area contributed by atoms with Gasteiger partial charge in [0.2, 0.25) is 10.3 Å². The normalized spacial score (nSPS) is 11.6. The third-order valence-corrected chi connectivity index (χ3v) is 6.32. The van der Waals surface area contributed by atoms with E-state index >= 15 is 0 Å². The maximum Gasteiger partial charge on any atom is 0.294 e. The smallest absolute Gasteiger partial charge is 0.282 e. The molecule has 2 aromatic carbocycles. The number of hydrogen-bond acceptors (Lipinski definition) is 10. The predicted molar refractivity (Wildman–Crippen MR) is 99.8 cm³/mol. The van der Waals surface area contributed by atoms with Crippen molar-refractivity contribution in [2.45, 2.75) is 15.2 Å². The molecule has 0 bridgehead atoms. The summed E-state index contributed by atoms with van der Waals surface area (Å²) in [6.45, 7) is 0. The average molecular weight is 434 g/mol. The van der Waals surface area contributed by atoms with Crippen LogP contribution in [0.3, 0.4) is 0 Å². The molecule has 0 spiro atoms. The van der Waals surface area contributed by atoms with Crippen molar-refractivity contribution < 1.29 is 13.0 Å². The number of aromatic nitrogens is 8. The lowest BCUT2D eigenvalue weighted by Gasteiger charge is -2.05. The molecule has 142 valence electrons. The van der Waals surface area contributed by atoms with Gasteiger partial charge in [-0.3, -0.25) is 4.55 Å². The van der Waals surface area contributed by atoms with E-state index in [9.17, 15) is 13.0 Å². The summed E-state index contributed by atoms with van der Waals surface area (Å²) in [5, 5.41) is 24.0. The minimum atomic E-state index is -4.34. The van der Waals surface area contributed by atoms with Crippen LogP contribution in [0.4, 0.5) is 0 Å². The van der Waals surface area contributed by atoms with Crippen molar-refractivity contribution in [2.24, 2.45) is 0 Å². The Kier molecular flexibility index (Phi) is 5.08. The van der Waals surface area contributed by atoms with Crippen molar-refractivity contribution in [3.05, 3.63) is 54.6 Å². The van der Waals surface area contributed by atoms with Crippen LogP contribution >= 0.6 is 21.6 Å². The Morgan fingerprint density at radius 1 is 0.786 bits per heavy atom. The second-order valence-corrected chi connectivity index (χ2v) is 8.71. The molecule has 11 nitrogen and oxygen atoms in total. The molecule has 14 heteroatoms. The van der Waals surface area contributed by atoms with Crippen LogP contribution < -0.4 is 0 Å². The van der Waals surface area contributed by atoms with Gasteiger partial charge in [-0.25, -0.2) is 0 Å². The first-order chi connectivity index (χ1) is 13.5. The predicted octanol–water partition coefficient (Wildman–Crippen LogP) is 1.68. The SMILES string of the molecule is O=S(=O)(O)c1cccc(-n2nnnc2SSc2nnnn2-c2ccccc2)c1. The molecule has 0 fully saturated rings. The fourth-order valence-corrected chi connectivity index (χ4v) is 4.51. The largest absolute Gasteiger partial charge is 0.294 e. The van der Waals surface area contributed by atoms with Gasteiger partial charge in [-0.1, -0.05) is 24.3 Å². The van der Waals surface area contributed by atoms with Gasteiger partial charge in [-0.2, -0.15) is 17.8 Å². The van der Waals surface area contributed by atoms with Gasteiger partial charge in [-0.05, 0) is 72.8 Å². The molecular weight excluding hydrogens is 424 g/mol. The van der Waals surface area contributed by atoms with E-state index in [0.29, 0.717) is 16.0 Å². The molecule has 0 saturated heterocycles. The zero-order valence-corrected chi connectivity index (χ0v) is 16.2. The number of nitrogens with zero attached hydrogens (tertiary/aromatic N) is 8. The van der Waals surface area contributed by atoms with E-state index in [4.69, 9.17) is 0 Å². The van der Waals surface area contributed by atoms with Crippen molar-refractivity contribution >= 4 is 31.7 Å². The zero-order chi connectivity index (χ0) is 19.6. The summed E-state index contributed by atoms with van der Waals surface area (Å²) < 4.78 is 34.9. The van der Waals surface area contributed by atoms with Crippen molar-refractivity contribution in [1.29, 1.82) is 0 Å². The second kappa shape index (κ2) is 7.67. The van der Waals surface area contributed by atoms with Crippen LogP contribution in [0.5, 0.6) is 0 Å². The molecule has 28 heavy (non-hydrogen) atoms. The Morgan fingerprint density at radius 2 is 1.36 bits per heavy atom. The maximum absolute atomic E-state index is 11.4. The molecule has 0 aliphatic carbocycles. The van der Waals surface area contributed by atoms with E-state index in [1.165, 1.54) is 44.5 Å². The molecule has 1 N–H and O–H groups in total. The molecule has 0 aliphatic rings. The molecule has 0 atom stereocenters. The lowest BCUT2D eigenvalue weighted by atomic mass is 10.3. The lowest BCUT2D eigenvalue weighted by molar-refractivity contribution is 0.483. The zero-order valence-electron chi connectivity index (χ0n) is 13.8. The highest BCUT2D eigenvalue weighted by molar-refractivity contribution is 8.76. The molecule has 2 aromatic heterocycles. The first-order valence-electron chi connectivity index (χ1n) is 7.57. The molecule has 4 aromatic rings. The van der Waals surface area contributed by atoms with Gasteiger partial charge in [0.25, 0.3) is 10.1 Å². The summed E-state index contributed by atoms with van der Waals surface area (Å²) in [5.74, 6) is 0. The van der Waals surface area contributed by atoms with E-state index in [0.717, 1.165) is 5.69 Å². The van der Waals surface area contributed by atoms with Crippen LogP contribution in [0.2, 0.25) is 0 Å². The van der Waals surface area contributed by atoms with E-state index in [1.54, 1.807) is 10.7 Å². The van der Waals surface area contributed by atoms with Crippen LogP contribution in [-0.2, 0) is 10.1 Å². The minimum Gasteiger partial charge on any atom is -0.282 e. The molecular formula is C14H10N8O3S3. The quantitative estimate of drug-likeness (QED) is 0.350. The highest BCUT2D eigenvalue weighted by atomic mass is 33.1. The number of benzene rings is 2. The highest BCUT2D eigenvalue weighted by Gasteiger charge is 2.16. The molecule has 2 heterocycles. The van der Waals surface area contributed by atoms with E-state index < -0.39 is 10.1 Å². The second-order valence-electron chi connectivity index (χ2n) is 5.22. The summed E-state index contributed by atoms with van der Waals surface area (Å²) >= 11 is 0. The molecule has 0 aliphatic heterocycles. The van der Waals surface area contributed by atoms with Gasteiger partial charge in [-0.15, -0.1) is 10.2 Å². The topological polar surface area (TPSA) is 142 Å². The molecule has 0 amide bonds. The Labute approximate surface area is 166 Å². The van der Waals surface area contributed by atoms with Gasteiger partial charge in [0.1, 0.15) is 0 Å². The summed E-state index contributed by atoms with van der Waals surface area (Å²) in [4.78, 5) is -0.253. The number of hydrogen-bond donors (Lipinski definition) is 1. The molecule has 4 rings (SSSR count). The van der Waals surface area contributed by atoms with Gasteiger partial charge in [0.05, 0.1) is 16.3 Å². The van der Waals surface area contributed by atoms with Gasteiger partial charge in [0, 0.05) is 0 Å². The summed E-state index contributed by atoms with van der Waals surface area (Å²) in [6.07, 6.45) is 0. The van der Waals surface area contributed by atoms with Crippen molar-refractivity contribution in [3.63, 3.8) is 0 Å². The molecule has 0 saturated carbocycles. The third-order valence-electron chi connectivity index (χ3n) is 3.43. The first-order valence-corrected chi connectivity index (χ1v) is 11.2. The summed E-state index contributed by atoms with van der Waals surface area (Å²) in [5.41, 5.74) is 1.18. The molecule has 0 unspecified atom stereocenters. The fraction of sp³-hybridized carbons (Fsp3) is 0. The lowest BCUT2D eigenvalue weighted by Crippen LogP contribution is -2.03. The Bertz CT molecular complexity index is 1210. The Morgan fingerprint density at radius 3 is 1.96 bits per heavy atom. The van der Waals surface area contributed by atoms with Crippen LogP contribution in [-0.4, -0.2) is 53.4 Å². The van der Waals surface area contributed by atoms with Crippen molar-refractivity contribution in [3.8, 4) is 11.4 Å². The fourth-order valence-electron chi connectivity index (χ4n) is 2.21. The van der Waals surface area contributed by atoms with Crippen LogP contribution in [0, 0.1) is 0 Å².